The molecule has 1 saturated carbocycles. The molecular weight excluding hydrogens is 324 g/mol. The van der Waals surface area contributed by atoms with Crippen LogP contribution >= 0.6 is 11.6 Å². The van der Waals surface area contributed by atoms with Crippen molar-refractivity contribution in [1.82, 2.24) is 9.62 Å². The fourth-order valence-electron chi connectivity index (χ4n) is 2.60. The van der Waals surface area contributed by atoms with Crippen molar-refractivity contribution in [2.75, 3.05) is 20.6 Å². The number of nitrogens with zero attached hydrogens (tertiary/aromatic N) is 1. The van der Waals surface area contributed by atoms with Crippen molar-refractivity contribution in [3.8, 4) is 0 Å². The Bertz CT molecular complexity index is 653. The number of hydrogen-bond acceptors (Lipinski definition) is 3. The third-order valence-corrected chi connectivity index (χ3v) is 6.13. The first-order chi connectivity index (χ1) is 10.3. The number of rotatable bonds is 5. The molecule has 122 valence electrons. The van der Waals surface area contributed by atoms with Crippen LogP contribution in [0.4, 0.5) is 0 Å². The van der Waals surface area contributed by atoms with Gasteiger partial charge in [0, 0.05) is 20.6 Å². The van der Waals surface area contributed by atoms with Gasteiger partial charge in [0.15, 0.2) is 0 Å². The minimum Gasteiger partial charge on any atom is -0.352 e. The molecule has 1 aromatic rings. The van der Waals surface area contributed by atoms with Crippen LogP contribution < -0.4 is 5.32 Å². The maximum absolute atomic E-state index is 12.3. The van der Waals surface area contributed by atoms with E-state index >= 15 is 0 Å². The minimum absolute atomic E-state index is 0.0629. The summed E-state index contributed by atoms with van der Waals surface area (Å²) < 4.78 is 25.4. The molecule has 0 spiro atoms. The molecule has 7 heteroatoms. The zero-order chi connectivity index (χ0) is 16.3. The Morgan fingerprint density at radius 2 is 1.95 bits per heavy atom. The van der Waals surface area contributed by atoms with E-state index in [2.05, 4.69) is 5.32 Å². The Morgan fingerprint density at radius 3 is 2.55 bits per heavy atom. The van der Waals surface area contributed by atoms with Gasteiger partial charge < -0.3 is 5.32 Å². The molecule has 1 fully saturated rings. The summed E-state index contributed by atoms with van der Waals surface area (Å²) in [5, 5.41) is 3.11. The van der Waals surface area contributed by atoms with E-state index in [1.165, 1.54) is 45.1 Å². The van der Waals surface area contributed by atoms with Crippen molar-refractivity contribution >= 4 is 27.5 Å². The Hall–Kier alpha value is -1.11. The number of benzene rings is 1. The average molecular weight is 345 g/mol. The maximum atomic E-state index is 12.3. The number of carbonyl (C=O) groups is 1. The van der Waals surface area contributed by atoms with Gasteiger partial charge >= 0.3 is 0 Å². The third kappa shape index (κ3) is 3.80. The van der Waals surface area contributed by atoms with Crippen molar-refractivity contribution in [2.24, 2.45) is 5.92 Å². The largest absolute Gasteiger partial charge is 0.352 e. The van der Waals surface area contributed by atoms with Crippen molar-refractivity contribution in [1.29, 1.82) is 0 Å². The highest BCUT2D eigenvalue weighted by Gasteiger charge is 2.21. The van der Waals surface area contributed by atoms with E-state index in [-0.39, 0.29) is 21.4 Å². The summed E-state index contributed by atoms with van der Waals surface area (Å²) in [6, 6.07) is 4.19. The van der Waals surface area contributed by atoms with E-state index in [1.54, 1.807) is 0 Å². The number of nitrogens with one attached hydrogen (secondary N) is 1. The summed E-state index contributed by atoms with van der Waals surface area (Å²) >= 11 is 6.05. The van der Waals surface area contributed by atoms with Crippen LogP contribution in [0.15, 0.2) is 23.1 Å². The normalized spacial score (nSPS) is 16.2. The van der Waals surface area contributed by atoms with Gasteiger partial charge in [-0.2, -0.15) is 0 Å². The fourth-order valence-corrected chi connectivity index (χ4v) is 3.73. The molecule has 1 aliphatic rings. The van der Waals surface area contributed by atoms with E-state index in [0.717, 1.165) is 17.1 Å². The molecule has 1 N–H and O–H groups in total. The van der Waals surface area contributed by atoms with Gasteiger partial charge in [-0.3, -0.25) is 4.79 Å². The molecule has 1 aromatic carbocycles. The van der Waals surface area contributed by atoms with Crippen LogP contribution in [0.2, 0.25) is 5.02 Å². The van der Waals surface area contributed by atoms with Crippen molar-refractivity contribution in [3.05, 3.63) is 28.8 Å². The summed E-state index contributed by atoms with van der Waals surface area (Å²) in [5.74, 6) is 0.184. The molecule has 0 aromatic heterocycles. The summed E-state index contributed by atoms with van der Waals surface area (Å²) in [4.78, 5) is 12.3. The number of amides is 1. The van der Waals surface area contributed by atoms with Crippen molar-refractivity contribution < 1.29 is 13.2 Å². The van der Waals surface area contributed by atoms with Crippen LogP contribution in [-0.4, -0.2) is 39.3 Å². The molecule has 1 amide bonds. The van der Waals surface area contributed by atoms with Gasteiger partial charge in [0.05, 0.1) is 15.5 Å². The zero-order valence-electron chi connectivity index (χ0n) is 12.8. The predicted molar refractivity (Wildman–Crippen MR) is 86.6 cm³/mol. The highest BCUT2D eigenvalue weighted by molar-refractivity contribution is 7.89. The summed E-state index contributed by atoms with van der Waals surface area (Å²) in [6.45, 7) is 0.611. The molecule has 0 unspecified atom stereocenters. The van der Waals surface area contributed by atoms with Gasteiger partial charge in [-0.1, -0.05) is 24.4 Å². The lowest BCUT2D eigenvalue weighted by molar-refractivity contribution is 0.0947. The van der Waals surface area contributed by atoms with Gasteiger partial charge in [0.2, 0.25) is 10.0 Å². The molecule has 22 heavy (non-hydrogen) atoms. The highest BCUT2D eigenvalue weighted by atomic mass is 35.5. The lowest BCUT2D eigenvalue weighted by Gasteiger charge is -2.14. The van der Waals surface area contributed by atoms with Gasteiger partial charge in [0.1, 0.15) is 0 Å². The first-order valence-corrected chi connectivity index (χ1v) is 9.14. The molecule has 0 heterocycles. The summed E-state index contributed by atoms with van der Waals surface area (Å²) in [6.07, 6.45) is 4.67. The highest BCUT2D eigenvalue weighted by Crippen LogP contribution is 2.25. The van der Waals surface area contributed by atoms with E-state index in [4.69, 9.17) is 11.6 Å². The molecule has 0 saturated heterocycles. The van der Waals surface area contributed by atoms with Crippen molar-refractivity contribution in [3.63, 3.8) is 0 Å². The van der Waals surface area contributed by atoms with E-state index in [0.29, 0.717) is 12.5 Å². The molecule has 2 rings (SSSR count). The standard InChI is InChI=1S/C15H21ClN2O3S/c1-18(2)22(20,21)12-7-8-14(16)13(9-12)15(19)17-10-11-5-3-4-6-11/h7-9,11H,3-6,10H2,1-2H3,(H,17,19). The molecular formula is C15H21ClN2O3S. The second kappa shape index (κ2) is 6.98. The smallest absolute Gasteiger partial charge is 0.252 e. The van der Waals surface area contributed by atoms with Gasteiger partial charge in [0.25, 0.3) is 5.91 Å². The fraction of sp³-hybridized carbons (Fsp3) is 0.533. The van der Waals surface area contributed by atoms with Gasteiger partial charge in [-0.15, -0.1) is 0 Å². The molecule has 0 radical (unpaired) electrons. The molecule has 1 aliphatic carbocycles. The molecule has 0 aliphatic heterocycles. The summed E-state index contributed by atoms with van der Waals surface area (Å²) in [5.41, 5.74) is 0.197. The average Bonchev–Trinajstić information content (AvgIpc) is 2.98. The van der Waals surface area contributed by atoms with Crippen LogP contribution in [0.5, 0.6) is 0 Å². The van der Waals surface area contributed by atoms with Gasteiger partial charge in [-0.25, -0.2) is 12.7 Å². The SMILES string of the molecule is CN(C)S(=O)(=O)c1ccc(Cl)c(C(=O)NCC2CCCC2)c1. The lowest BCUT2D eigenvalue weighted by Crippen LogP contribution is -2.29. The number of carbonyl (C=O) groups excluding carboxylic acids is 1. The quantitative estimate of drug-likeness (QED) is 0.892. The third-order valence-electron chi connectivity index (χ3n) is 3.99. The van der Waals surface area contributed by atoms with Crippen LogP contribution in [0.3, 0.4) is 0 Å². The molecule has 5 nitrogen and oxygen atoms in total. The number of sulfonamides is 1. The van der Waals surface area contributed by atoms with E-state index in [9.17, 15) is 13.2 Å². The topological polar surface area (TPSA) is 66.5 Å². The van der Waals surface area contributed by atoms with Gasteiger partial charge in [-0.05, 0) is 37.0 Å². The molecule has 0 atom stereocenters. The molecule has 0 bridgehead atoms. The Kier molecular flexibility index (Phi) is 5.47. The second-order valence-corrected chi connectivity index (χ2v) is 8.35. The maximum Gasteiger partial charge on any atom is 0.252 e. The first kappa shape index (κ1) is 17.2. The van der Waals surface area contributed by atoms with Crippen molar-refractivity contribution in [2.45, 2.75) is 30.6 Å². The Morgan fingerprint density at radius 1 is 1.32 bits per heavy atom. The number of hydrogen-bond donors (Lipinski definition) is 1. The number of halogens is 1. The van der Waals surface area contributed by atoms with Crippen LogP contribution in [0, 0.1) is 5.92 Å². The monoisotopic (exact) mass is 344 g/mol. The Labute approximate surface area is 136 Å². The minimum atomic E-state index is -3.59. The van der Waals surface area contributed by atoms with E-state index < -0.39 is 10.0 Å². The van der Waals surface area contributed by atoms with Crippen LogP contribution in [-0.2, 0) is 10.0 Å². The predicted octanol–water partition coefficient (Wildman–Crippen LogP) is 2.51. The zero-order valence-corrected chi connectivity index (χ0v) is 14.4. The second-order valence-electron chi connectivity index (χ2n) is 5.79. The van der Waals surface area contributed by atoms with E-state index in [1.807, 2.05) is 0 Å². The Balaban J connectivity index is 2.17. The lowest BCUT2D eigenvalue weighted by atomic mass is 10.1. The van der Waals surface area contributed by atoms with Crippen LogP contribution in [0.1, 0.15) is 36.0 Å². The summed E-state index contributed by atoms with van der Waals surface area (Å²) in [7, 11) is -0.689. The first-order valence-electron chi connectivity index (χ1n) is 7.32. The van der Waals surface area contributed by atoms with Crippen LogP contribution in [0.25, 0.3) is 0 Å².